The fourth-order valence-corrected chi connectivity index (χ4v) is 2.69. The summed E-state index contributed by atoms with van der Waals surface area (Å²) in [6, 6.07) is 7.81. The highest BCUT2D eigenvalue weighted by Gasteiger charge is 2.26. The average Bonchev–Trinajstić information content (AvgIpc) is 2.41. The van der Waals surface area contributed by atoms with Crippen LogP contribution in [0.25, 0.3) is 10.9 Å². The molecule has 1 aromatic carbocycles. The number of fused-ring (bicyclic) bond motifs is 1. The number of aliphatic hydroxyl groups is 1. The number of benzene rings is 1. The van der Waals surface area contributed by atoms with Crippen molar-refractivity contribution in [3.05, 3.63) is 29.5 Å². The minimum atomic E-state index is -0.318. The molecule has 4 nitrogen and oxygen atoms in total. The molecule has 1 N–H and O–H groups in total. The van der Waals surface area contributed by atoms with Gasteiger partial charge in [-0.05, 0) is 36.1 Å². The molecule has 0 bridgehead atoms. The Morgan fingerprint density at radius 1 is 1.32 bits per heavy atom. The summed E-state index contributed by atoms with van der Waals surface area (Å²) in [6.07, 6.45) is 0.637. The maximum atomic E-state index is 10.0. The van der Waals surface area contributed by atoms with Crippen LogP contribution >= 0.6 is 11.6 Å². The Hall–Kier alpha value is -1.39. The van der Waals surface area contributed by atoms with Crippen molar-refractivity contribution < 1.29 is 5.11 Å². The standard InChI is InChI=1S/C14H16ClN3O/c1-9-6-7-18(8-12(9)19)13-10-4-2-3-5-11(10)16-14(15)17-13/h2-5,9,12,19H,6-8H2,1H3. The fourth-order valence-electron chi connectivity index (χ4n) is 2.51. The number of β-amino-alcohol motifs (C(OH)–C–C–N with tert-alkyl or cyclic N) is 1. The average molecular weight is 278 g/mol. The molecule has 2 atom stereocenters. The Morgan fingerprint density at radius 2 is 2.11 bits per heavy atom. The number of halogens is 1. The Bertz CT molecular complexity index is 604. The first-order valence-corrected chi connectivity index (χ1v) is 6.88. The Morgan fingerprint density at radius 3 is 2.89 bits per heavy atom. The lowest BCUT2D eigenvalue weighted by atomic mass is 9.96. The lowest BCUT2D eigenvalue weighted by molar-refractivity contribution is 0.103. The molecule has 19 heavy (non-hydrogen) atoms. The van der Waals surface area contributed by atoms with Gasteiger partial charge in [-0.1, -0.05) is 19.1 Å². The number of nitrogens with zero attached hydrogens (tertiary/aromatic N) is 3. The Balaban J connectivity index is 2.05. The van der Waals surface area contributed by atoms with E-state index in [9.17, 15) is 5.11 Å². The minimum absolute atomic E-state index is 0.252. The van der Waals surface area contributed by atoms with E-state index in [-0.39, 0.29) is 11.4 Å². The summed E-state index contributed by atoms with van der Waals surface area (Å²) in [7, 11) is 0. The highest BCUT2D eigenvalue weighted by molar-refractivity contribution is 6.28. The molecule has 1 saturated heterocycles. The van der Waals surface area contributed by atoms with E-state index in [1.165, 1.54) is 0 Å². The smallest absolute Gasteiger partial charge is 0.224 e. The predicted molar refractivity (Wildman–Crippen MR) is 76.5 cm³/mol. The number of aliphatic hydroxyl groups excluding tert-OH is 1. The van der Waals surface area contributed by atoms with Gasteiger partial charge in [0.05, 0.1) is 11.6 Å². The number of rotatable bonds is 1. The molecule has 1 aliphatic rings. The van der Waals surface area contributed by atoms with E-state index >= 15 is 0 Å². The molecule has 1 aromatic heterocycles. The number of aromatic nitrogens is 2. The van der Waals surface area contributed by atoms with Gasteiger partial charge in [0, 0.05) is 18.5 Å². The second kappa shape index (κ2) is 4.94. The molecular weight excluding hydrogens is 262 g/mol. The molecule has 0 spiro atoms. The second-order valence-corrected chi connectivity index (χ2v) is 5.45. The van der Waals surface area contributed by atoms with Crippen LogP contribution in [0.3, 0.4) is 0 Å². The van der Waals surface area contributed by atoms with Gasteiger partial charge in [-0.2, -0.15) is 4.98 Å². The first-order valence-electron chi connectivity index (χ1n) is 6.50. The molecule has 0 radical (unpaired) electrons. The monoisotopic (exact) mass is 277 g/mol. The largest absolute Gasteiger partial charge is 0.391 e. The van der Waals surface area contributed by atoms with Gasteiger partial charge in [-0.15, -0.1) is 0 Å². The van der Waals surface area contributed by atoms with E-state index in [1.54, 1.807) is 0 Å². The van der Waals surface area contributed by atoms with Crippen molar-refractivity contribution in [3.63, 3.8) is 0 Å². The van der Waals surface area contributed by atoms with E-state index in [2.05, 4.69) is 21.8 Å². The van der Waals surface area contributed by atoms with Crippen LogP contribution in [0.15, 0.2) is 24.3 Å². The summed E-state index contributed by atoms with van der Waals surface area (Å²) in [5, 5.41) is 11.3. The number of hydrogen-bond donors (Lipinski definition) is 1. The van der Waals surface area contributed by atoms with Crippen molar-refractivity contribution in [2.45, 2.75) is 19.4 Å². The van der Waals surface area contributed by atoms with Crippen molar-refractivity contribution in [1.82, 2.24) is 9.97 Å². The number of anilines is 1. The molecule has 0 aliphatic carbocycles. The van der Waals surface area contributed by atoms with Gasteiger partial charge >= 0.3 is 0 Å². The van der Waals surface area contributed by atoms with Gasteiger partial charge in [-0.25, -0.2) is 4.98 Å². The summed E-state index contributed by atoms with van der Waals surface area (Å²) in [4.78, 5) is 10.7. The third kappa shape index (κ3) is 2.38. The molecule has 2 heterocycles. The second-order valence-electron chi connectivity index (χ2n) is 5.11. The Labute approximate surface area is 117 Å². The zero-order valence-electron chi connectivity index (χ0n) is 10.8. The maximum absolute atomic E-state index is 10.0. The molecule has 2 unspecified atom stereocenters. The van der Waals surface area contributed by atoms with Gasteiger partial charge < -0.3 is 10.0 Å². The van der Waals surface area contributed by atoms with Crippen LogP contribution in [-0.4, -0.2) is 34.3 Å². The lowest BCUT2D eigenvalue weighted by Gasteiger charge is -2.35. The topological polar surface area (TPSA) is 49.2 Å². The third-order valence-corrected chi connectivity index (χ3v) is 3.94. The van der Waals surface area contributed by atoms with Crippen molar-refractivity contribution in [2.75, 3.05) is 18.0 Å². The summed E-state index contributed by atoms with van der Waals surface area (Å²) >= 11 is 6.00. The van der Waals surface area contributed by atoms with Crippen LogP contribution in [-0.2, 0) is 0 Å². The van der Waals surface area contributed by atoms with Gasteiger partial charge in [0.1, 0.15) is 5.82 Å². The molecule has 1 aliphatic heterocycles. The van der Waals surface area contributed by atoms with Crippen LogP contribution in [0.4, 0.5) is 5.82 Å². The summed E-state index contributed by atoms with van der Waals surface area (Å²) < 4.78 is 0. The molecule has 1 fully saturated rings. The Kier molecular flexibility index (Phi) is 3.29. The van der Waals surface area contributed by atoms with Crippen molar-refractivity contribution in [2.24, 2.45) is 5.92 Å². The van der Waals surface area contributed by atoms with Crippen LogP contribution in [0, 0.1) is 5.92 Å². The maximum Gasteiger partial charge on any atom is 0.224 e. The van der Waals surface area contributed by atoms with Crippen molar-refractivity contribution in [3.8, 4) is 0 Å². The molecule has 100 valence electrons. The van der Waals surface area contributed by atoms with Crippen LogP contribution in [0.5, 0.6) is 0 Å². The summed E-state index contributed by atoms with van der Waals surface area (Å²) in [5.41, 5.74) is 0.839. The SMILES string of the molecule is CC1CCN(c2nc(Cl)nc3ccccc23)CC1O. The van der Waals surface area contributed by atoms with E-state index in [4.69, 9.17) is 11.6 Å². The van der Waals surface area contributed by atoms with Crippen LogP contribution < -0.4 is 4.90 Å². The van der Waals surface area contributed by atoms with Crippen molar-refractivity contribution in [1.29, 1.82) is 0 Å². The molecule has 0 saturated carbocycles. The van der Waals surface area contributed by atoms with Gasteiger partial charge in [-0.3, -0.25) is 0 Å². The lowest BCUT2D eigenvalue weighted by Crippen LogP contribution is -2.43. The summed E-state index contributed by atoms with van der Waals surface area (Å²) in [5.74, 6) is 1.15. The van der Waals surface area contributed by atoms with E-state index < -0.39 is 0 Å². The van der Waals surface area contributed by atoms with Gasteiger partial charge in [0.25, 0.3) is 0 Å². The molecule has 3 rings (SSSR count). The van der Waals surface area contributed by atoms with E-state index in [1.807, 2.05) is 24.3 Å². The van der Waals surface area contributed by atoms with Gasteiger partial charge in [0.15, 0.2) is 0 Å². The molecular formula is C14H16ClN3O. The molecule has 2 aromatic rings. The number of hydrogen-bond acceptors (Lipinski definition) is 4. The van der Waals surface area contributed by atoms with E-state index in [0.29, 0.717) is 12.5 Å². The third-order valence-electron chi connectivity index (χ3n) is 3.77. The first kappa shape index (κ1) is 12.6. The highest BCUT2D eigenvalue weighted by Crippen LogP contribution is 2.28. The summed E-state index contributed by atoms with van der Waals surface area (Å²) in [6.45, 7) is 3.56. The quantitative estimate of drug-likeness (QED) is 0.814. The first-order chi connectivity index (χ1) is 9.15. The molecule has 5 heteroatoms. The fraction of sp³-hybridized carbons (Fsp3) is 0.429. The number of para-hydroxylation sites is 1. The van der Waals surface area contributed by atoms with Crippen LogP contribution in [0.1, 0.15) is 13.3 Å². The van der Waals surface area contributed by atoms with Crippen molar-refractivity contribution >= 4 is 28.3 Å². The predicted octanol–water partition coefficient (Wildman–Crippen LogP) is 2.49. The minimum Gasteiger partial charge on any atom is -0.391 e. The normalized spacial score (nSPS) is 23.8. The van der Waals surface area contributed by atoms with Gasteiger partial charge in [0.2, 0.25) is 5.28 Å². The highest BCUT2D eigenvalue weighted by atomic mass is 35.5. The van der Waals surface area contributed by atoms with E-state index in [0.717, 1.165) is 29.7 Å². The van der Waals surface area contributed by atoms with Crippen LogP contribution in [0.2, 0.25) is 5.28 Å². The zero-order valence-corrected chi connectivity index (χ0v) is 11.5. The number of piperidine rings is 1. The zero-order chi connectivity index (χ0) is 13.4. The molecule has 0 amide bonds.